The lowest BCUT2D eigenvalue weighted by Gasteiger charge is -2.07. The summed E-state index contributed by atoms with van der Waals surface area (Å²) >= 11 is 0. The van der Waals surface area contributed by atoms with Crippen molar-refractivity contribution in [2.75, 3.05) is 20.0 Å². The Morgan fingerprint density at radius 3 is 2.69 bits per heavy atom. The van der Waals surface area contributed by atoms with Crippen LogP contribution in [0.1, 0.15) is 5.56 Å². The van der Waals surface area contributed by atoms with Crippen molar-refractivity contribution in [1.29, 1.82) is 0 Å². The van der Waals surface area contributed by atoms with E-state index in [-0.39, 0.29) is 17.2 Å². The standard InChI is InChI=1S/C11H13NO4/c1-15-9-6-7(3-4-10(13)16-2)5-8(12)11(9)14/h3-6,14H,12H2,1-2H3. The summed E-state index contributed by atoms with van der Waals surface area (Å²) in [5.74, 6) is -0.326. The Bertz CT molecular complexity index is 426. The van der Waals surface area contributed by atoms with E-state index in [0.29, 0.717) is 5.56 Å². The number of ether oxygens (including phenoxy) is 2. The highest BCUT2D eigenvalue weighted by Crippen LogP contribution is 2.33. The van der Waals surface area contributed by atoms with Crippen LogP contribution in [-0.4, -0.2) is 25.3 Å². The van der Waals surface area contributed by atoms with Crippen molar-refractivity contribution < 1.29 is 19.4 Å². The molecule has 0 radical (unpaired) electrons. The number of nitrogens with two attached hydrogens (primary N) is 1. The van der Waals surface area contributed by atoms with Crippen LogP contribution in [0.2, 0.25) is 0 Å². The van der Waals surface area contributed by atoms with Crippen LogP contribution < -0.4 is 10.5 Å². The van der Waals surface area contributed by atoms with Gasteiger partial charge in [0.25, 0.3) is 0 Å². The van der Waals surface area contributed by atoms with E-state index in [1.165, 1.54) is 32.4 Å². The number of aromatic hydroxyl groups is 1. The van der Waals surface area contributed by atoms with Crippen LogP contribution >= 0.6 is 0 Å². The molecule has 0 aliphatic carbocycles. The van der Waals surface area contributed by atoms with Gasteiger partial charge in [0.1, 0.15) is 0 Å². The molecular formula is C11H13NO4. The van der Waals surface area contributed by atoms with Gasteiger partial charge in [0.15, 0.2) is 11.5 Å². The van der Waals surface area contributed by atoms with Gasteiger partial charge in [0.2, 0.25) is 0 Å². The van der Waals surface area contributed by atoms with Crippen LogP contribution in [0, 0.1) is 0 Å². The van der Waals surface area contributed by atoms with E-state index in [0.717, 1.165) is 0 Å². The molecule has 0 saturated heterocycles. The van der Waals surface area contributed by atoms with Gasteiger partial charge in [-0.25, -0.2) is 4.79 Å². The van der Waals surface area contributed by atoms with Crippen LogP contribution in [0.25, 0.3) is 6.08 Å². The molecule has 3 N–H and O–H groups in total. The summed E-state index contributed by atoms with van der Waals surface area (Å²) in [5.41, 5.74) is 6.38. The first-order valence-electron chi connectivity index (χ1n) is 4.51. The highest BCUT2D eigenvalue weighted by molar-refractivity contribution is 5.87. The number of esters is 1. The first-order valence-corrected chi connectivity index (χ1v) is 4.51. The van der Waals surface area contributed by atoms with Crippen LogP contribution in [0.3, 0.4) is 0 Å². The third-order valence-corrected chi connectivity index (χ3v) is 1.96. The summed E-state index contributed by atoms with van der Waals surface area (Å²) in [6.07, 6.45) is 2.77. The molecule has 0 amide bonds. The van der Waals surface area contributed by atoms with Gasteiger partial charge in [-0.3, -0.25) is 0 Å². The molecule has 0 heterocycles. The molecule has 5 nitrogen and oxygen atoms in total. The van der Waals surface area contributed by atoms with Crippen molar-refractivity contribution in [1.82, 2.24) is 0 Å². The van der Waals surface area contributed by atoms with Gasteiger partial charge < -0.3 is 20.3 Å². The molecule has 1 rings (SSSR count). The first-order chi connectivity index (χ1) is 7.58. The Labute approximate surface area is 93.1 Å². The molecule has 0 aliphatic rings. The van der Waals surface area contributed by atoms with Gasteiger partial charge >= 0.3 is 5.97 Å². The quantitative estimate of drug-likeness (QED) is 0.348. The Kier molecular flexibility index (Phi) is 3.77. The Morgan fingerprint density at radius 1 is 1.44 bits per heavy atom. The van der Waals surface area contributed by atoms with E-state index < -0.39 is 5.97 Å². The zero-order chi connectivity index (χ0) is 12.1. The lowest BCUT2D eigenvalue weighted by molar-refractivity contribution is -0.134. The number of carbonyl (C=O) groups is 1. The van der Waals surface area contributed by atoms with Crippen molar-refractivity contribution >= 4 is 17.7 Å². The largest absolute Gasteiger partial charge is 0.503 e. The number of hydrogen-bond donors (Lipinski definition) is 2. The van der Waals surface area contributed by atoms with E-state index in [1.54, 1.807) is 6.07 Å². The average molecular weight is 223 g/mol. The summed E-state index contributed by atoms with van der Waals surface area (Å²) in [5, 5.41) is 9.48. The van der Waals surface area contributed by atoms with E-state index in [1.807, 2.05) is 0 Å². The summed E-state index contributed by atoms with van der Waals surface area (Å²) in [6, 6.07) is 3.09. The lowest BCUT2D eigenvalue weighted by Crippen LogP contribution is -1.94. The van der Waals surface area contributed by atoms with Gasteiger partial charge in [0, 0.05) is 6.08 Å². The average Bonchev–Trinajstić information content (AvgIpc) is 2.29. The topological polar surface area (TPSA) is 81.8 Å². The van der Waals surface area contributed by atoms with Crippen LogP contribution in [0.5, 0.6) is 11.5 Å². The fraction of sp³-hybridized carbons (Fsp3) is 0.182. The van der Waals surface area contributed by atoms with Gasteiger partial charge in [-0.2, -0.15) is 0 Å². The monoisotopic (exact) mass is 223 g/mol. The number of phenols is 1. The minimum Gasteiger partial charge on any atom is -0.503 e. The molecule has 1 aromatic carbocycles. The molecule has 16 heavy (non-hydrogen) atoms. The number of rotatable bonds is 3. The van der Waals surface area contributed by atoms with Crippen molar-refractivity contribution in [3.8, 4) is 11.5 Å². The van der Waals surface area contributed by atoms with E-state index in [9.17, 15) is 9.90 Å². The second kappa shape index (κ2) is 5.06. The number of anilines is 1. The minimum atomic E-state index is -0.467. The van der Waals surface area contributed by atoms with Crippen molar-refractivity contribution in [2.45, 2.75) is 0 Å². The smallest absolute Gasteiger partial charge is 0.330 e. The number of phenolic OH excluding ortho intramolecular Hbond substituents is 1. The van der Waals surface area contributed by atoms with Crippen molar-refractivity contribution in [3.63, 3.8) is 0 Å². The molecule has 0 saturated carbocycles. The molecule has 86 valence electrons. The fourth-order valence-corrected chi connectivity index (χ4v) is 1.14. The van der Waals surface area contributed by atoms with Crippen molar-refractivity contribution in [2.24, 2.45) is 0 Å². The van der Waals surface area contributed by atoms with Crippen LogP contribution in [0.15, 0.2) is 18.2 Å². The zero-order valence-electron chi connectivity index (χ0n) is 9.06. The van der Waals surface area contributed by atoms with Gasteiger partial charge in [-0.05, 0) is 23.8 Å². The second-order valence-electron chi connectivity index (χ2n) is 3.02. The van der Waals surface area contributed by atoms with E-state index >= 15 is 0 Å². The molecule has 0 aromatic heterocycles. The molecule has 0 spiro atoms. The predicted octanol–water partition coefficient (Wildman–Crippen LogP) is 1.17. The molecular weight excluding hydrogens is 210 g/mol. The summed E-state index contributed by atoms with van der Waals surface area (Å²) in [6.45, 7) is 0. The second-order valence-corrected chi connectivity index (χ2v) is 3.02. The lowest BCUT2D eigenvalue weighted by atomic mass is 10.1. The van der Waals surface area contributed by atoms with E-state index in [4.69, 9.17) is 10.5 Å². The SMILES string of the molecule is COC(=O)C=Cc1cc(N)c(O)c(OC)c1. The molecule has 1 aromatic rings. The molecule has 5 heteroatoms. The van der Waals surface area contributed by atoms with Crippen LogP contribution in [-0.2, 0) is 9.53 Å². The Hall–Kier alpha value is -2.17. The molecule has 0 atom stereocenters. The number of nitrogen functional groups attached to an aromatic ring is 1. The van der Waals surface area contributed by atoms with E-state index in [2.05, 4.69) is 4.74 Å². The summed E-state index contributed by atoms with van der Waals surface area (Å²) in [7, 11) is 2.71. The minimum absolute atomic E-state index is 0.113. The third-order valence-electron chi connectivity index (χ3n) is 1.96. The first kappa shape index (κ1) is 11.9. The third kappa shape index (κ3) is 2.66. The van der Waals surface area contributed by atoms with Crippen LogP contribution in [0.4, 0.5) is 5.69 Å². The van der Waals surface area contributed by atoms with Gasteiger partial charge in [0.05, 0.1) is 19.9 Å². The normalized spacial score (nSPS) is 10.4. The van der Waals surface area contributed by atoms with Gasteiger partial charge in [-0.1, -0.05) is 0 Å². The highest BCUT2D eigenvalue weighted by atomic mass is 16.5. The summed E-state index contributed by atoms with van der Waals surface area (Å²) in [4.78, 5) is 10.9. The summed E-state index contributed by atoms with van der Waals surface area (Å²) < 4.78 is 9.36. The predicted molar refractivity (Wildman–Crippen MR) is 60.1 cm³/mol. The maximum Gasteiger partial charge on any atom is 0.330 e. The zero-order valence-corrected chi connectivity index (χ0v) is 9.06. The number of carbonyl (C=O) groups excluding carboxylic acids is 1. The van der Waals surface area contributed by atoms with Crippen molar-refractivity contribution in [3.05, 3.63) is 23.8 Å². The Balaban J connectivity index is 3.03. The Morgan fingerprint density at radius 2 is 2.12 bits per heavy atom. The molecule has 0 unspecified atom stereocenters. The maximum atomic E-state index is 10.9. The maximum absolute atomic E-state index is 10.9. The number of methoxy groups -OCH3 is 2. The molecule has 0 aliphatic heterocycles. The number of hydrogen-bond acceptors (Lipinski definition) is 5. The molecule has 0 fully saturated rings. The van der Waals surface area contributed by atoms with Gasteiger partial charge in [-0.15, -0.1) is 0 Å². The molecule has 0 bridgehead atoms. The fourth-order valence-electron chi connectivity index (χ4n) is 1.14. The number of benzene rings is 1. The highest BCUT2D eigenvalue weighted by Gasteiger charge is 2.06.